The summed E-state index contributed by atoms with van der Waals surface area (Å²) in [5.74, 6) is 0.527. The van der Waals surface area contributed by atoms with Crippen LogP contribution >= 0.6 is 11.6 Å². The number of sulfonamides is 1. The van der Waals surface area contributed by atoms with E-state index in [1.54, 1.807) is 32.0 Å². The van der Waals surface area contributed by atoms with E-state index in [4.69, 9.17) is 21.1 Å². The number of non-ortho nitro benzene ring substituents is 1. The van der Waals surface area contributed by atoms with Gasteiger partial charge in [-0.25, -0.2) is 13.1 Å². The van der Waals surface area contributed by atoms with Crippen LogP contribution in [-0.4, -0.2) is 56.3 Å². The van der Waals surface area contributed by atoms with Crippen LogP contribution in [-0.2, 0) is 21.2 Å². The lowest BCUT2D eigenvalue weighted by molar-refractivity contribution is -0.385. The number of nitro benzene ring substituents is 1. The summed E-state index contributed by atoms with van der Waals surface area (Å²) in [5.41, 5.74) is 1.93. The first-order valence-electron chi connectivity index (χ1n) is 13.0. The van der Waals surface area contributed by atoms with Gasteiger partial charge in [0.15, 0.2) is 11.5 Å². The summed E-state index contributed by atoms with van der Waals surface area (Å²) in [4.78, 5) is 23.7. The molecule has 0 atom stereocenters. The van der Waals surface area contributed by atoms with Crippen molar-refractivity contribution >= 4 is 38.9 Å². The molecule has 0 aliphatic carbocycles. The number of amides is 1. The van der Waals surface area contributed by atoms with Gasteiger partial charge in [-0.3, -0.25) is 19.2 Å². The Morgan fingerprint density at radius 1 is 1.02 bits per heavy atom. The number of carbonyl (C=O) groups excluding carboxylic acids is 1. The second-order valence-corrected chi connectivity index (χ2v) is 11.8. The number of ether oxygens (including phenoxy) is 2. The van der Waals surface area contributed by atoms with E-state index in [1.165, 1.54) is 55.3 Å². The van der Waals surface area contributed by atoms with Crippen molar-refractivity contribution in [3.8, 4) is 17.2 Å². The molecule has 0 spiro atoms. The number of nitro groups is 1. The zero-order chi connectivity index (χ0) is 31.3. The maximum atomic E-state index is 14.3. The van der Waals surface area contributed by atoms with Gasteiger partial charge in [-0.05, 0) is 74.4 Å². The lowest BCUT2D eigenvalue weighted by Crippen LogP contribution is -2.41. The summed E-state index contributed by atoms with van der Waals surface area (Å²) in [6.45, 7) is 3.09. The van der Waals surface area contributed by atoms with E-state index in [1.807, 2.05) is 6.07 Å². The Morgan fingerprint density at radius 3 is 2.33 bits per heavy atom. The van der Waals surface area contributed by atoms with E-state index >= 15 is 0 Å². The number of nitrogens with zero attached hydrogens (tertiary/aromatic N) is 4. The number of hydrogen-bond acceptors (Lipinski definition) is 8. The molecule has 0 radical (unpaired) electrons. The third-order valence-corrected chi connectivity index (χ3v) is 8.60. The quantitative estimate of drug-likeness (QED) is 0.177. The molecule has 0 fully saturated rings. The highest BCUT2D eigenvalue weighted by molar-refractivity contribution is 7.93. The van der Waals surface area contributed by atoms with Gasteiger partial charge in [-0.15, -0.1) is 0 Å². The van der Waals surface area contributed by atoms with Crippen molar-refractivity contribution in [1.82, 2.24) is 15.1 Å². The Hall–Kier alpha value is -4.62. The number of methoxy groups -OCH3 is 2. The predicted molar refractivity (Wildman–Crippen MR) is 162 cm³/mol. The van der Waals surface area contributed by atoms with Crippen LogP contribution < -0.4 is 19.1 Å². The maximum absolute atomic E-state index is 14.3. The fraction of sp³-hybridized carbons (Fsp3) is 0.241. The summed E-state index contributed by atoms with van der Waals surface area (Å²) >= 11 is 6.05. The van der Waals surface area contributed by atoms with Crippen molar-refractivity contribution in [3.63, 3.8) is 0 Å². The largest absolute Gasteiger partial charge is 0.493 e. The molecule has 0 saturated heterocycles. The smallest absolute Gasteiger partial charge is 0.270 e. The minimum Gasteiger partial charge on any atom is -0.493 e. The minimum atomic E-state index is -4.56. The molecule has 1 heterocycles. The van der Waals surface area contributed by atoms with Crippen molar-refractivity contribution in [2.75, 3.05) is 31.6 Å². The van der Waals surface area contributed by atoms with Crippen molar-refractivity contribution in [3.05, 3.63) is 98.8 Å². The van der Waals surface area contributed by atoms with E-state index in [0.717, 1.165) is 15.9 Å². The summed E-state index contributed by atoms with van der Waals surface area (Å²) in [6.07, 6.45) is 0.437. The molecular formula is C29H30ClN5O7S. The van der Waals surface area contributed by atoms with Crippen LogP contribution in [0, 0.1) is 24.0 Å². The highest BCUT2D eigenvalue weighted by Crippen LogP contribution is 2.32. The molecule has 43 heavy (non-hydrogen) atoms. The third-order valence-electron chi connectivity index (χ3n) is 6.55. The average Bonchev–Trinajstić information content (AvgIpc) is 3.33. The zero-order valence-electron chi connectivity index (χ0n) is 23.9. The number of benzene rings is 3. The molecule has 226 valence electrons. The van der Waals surface area contributed by atoms with Gasteiger partial charge < -0.3 is 14.8 Å². The molecule has 1 N–H and O–H groups in total. The minimum absolute atomic E-state index is 0.101. The molecule has 0 aliphatic heterocycles. The first kappa shape index (κ1) is 31.3. The summed E-state index contributed by atoms with van der Waals surface area (Å²) < 4.78 is 41.4. The molecule has 0 saturated carbocycles. The molecular weight excluding hydrogens is 598 g/mol. The Labute approximate surface area is 254 Å². The molecule has 4 aromatic rings. The second-order valence-electron chi connectivity index (χ2n) is 9.53. The number of anilines is 1. The van der Waals surface area contributed by atoms with Crippen LogP contribution in [0.25, 0.3) is 5.69 Å². The van der Waals surface area contributed by atoms with E-state index in [-0.39, 0.29) is 22.8 Å². The van der Waals surface area contributed by atoms with Gasteiger partial charge in [0.25, 0.3) is 15.7 Å². The van der Waals surface area contributed by atoms with Gasteiger partial charge in [0.1, 0.15) is 11.4 Å². The van der Waals surface area contributed by atoms with Crippen molar-refractivity contribution in [2.24, 2.45) is 0 Å². The fourth-order valence-corrected chi connectivity index (χ4v) is 6.22. The molecule has 12 nitrogen and oxygen atoms in total. The number of nitrogens with one attached hydrogen (secondary N) is 1. The van der Waals surface area contributed by atoms with Crippen LogP contribution in [0.1, 0.15) is 17.0 Å². The Morgan fingerprint density at radius 2 is 1.72 bits per heavy atom. The topological polar surface area (TPSA) is 146 Å². The highest BCUT2D eigenvalue weighted by Gasteiger charge is 2.32. The fourth-order valence-electron chi connectivity index (χ4n) is 4.48. The maximum Gasteiger partial charge on any atom is 0.270 e. The number of rotatable bonds is 12. The predicted octanol–water partition coefficient (Wildman–Crippen LogP) is 4.62. The number of hydrogen-bond donors (Lipinski definition) is 1. The van der Waals surface area contributed by atoms with Crippen LogP contribution in [0.3, 0.4) is 0 Å². The van der Waals surface area contributed by atoms with E-state index < -0.39 is 33.1 Å². The first-order chi connectivity index (χ1) is 20.4. The monoisotopic (exact) mass is 627 g/mol. The standard InChI is InChI=1S/C29H30ClN5O7S/c1-19-15-20(2)34(32-19)25-11-10-24(35(37)38)17-28(25)43(39,40)33(23-8-6-22(30)7-9-23)18-29(36)31-14-13-21-5-12-26(41-3)27(16-21)42-4/h5-12,15-17H,13-14,18H2,1-4H3,(H,31,36). The van der Waals surface area contributed by atoms with Gasteiger partial charge in [0.05, 0.1) is 36.2 Å². The highest BCUT2D eigenvalue weighted by atomic mass is 35.5. The average molecular weight is 628 g/mol. The Kier molecular flexibility index (Phi) is 9.56. The van der Waals surface area contributed by atoms with Crippen molar-refractivity contribution < 1.29 is 27.6 Å². The Balaban J connectivity index is 1.67. The van der Waals surface area contributed by atoms with Gasteiger partial charge in [0.2, 0.25) is 5.91 Å². The SMILES string of the molecule is COc1ccc(CCNC(=O)CN(c2ccc(Cl)cc2)S(=O)(=O)c2cc([N+](=O)[O-])ccc2-n2nc(C)cc2C)cc1OC. The summed E-state index contributed by atoms with van der Waals surface area (Å²) in [5, 5.41) is 19.1. The van der Waals surface area contributed by atoms with Gasteiger partial charge in [0, 0.05) is 29.4 Å². The normalized spacial score (nSPS) is 11.2. The van der Waals surface area contributed by atoms with E-state index in [2.05, 4.69) is 10.4 Å². The number of aromatic nitrogens is 2. The van der Waals surface area contributed by atoms with Crippen molar-refractivity contribution in [2.45, 2.75) is 25.2 Å². The molecule has 0 bridgehead atoms. The molecule has 3 aromatic carbocycles. The molecule has 14 heteroatoms. The molecule has 1 amide bonds. The first-order valence-corrected chi connectivity index (χ1v) is 14.8. The van der Waals surface area contributed by atoms with E-state index in [0.29, 0.717) is 34.3 Å². The number of carbonyl (C=O) groups is 1. The molecule has 0 unspecified atom stereocenters. The van der Waals surface area contributed by atoms with Gasteiger partial charge in [-0.1, -0.05) is 17.7 Å². The van der Waals surface area contributed by atoms with Gasteiger partial charge >= 0.3 is 0 Å². The summed E-state index contributed by atoms with van der Waals surface area (Å²) in [7, 11) is -1.51. The lowest BCUT2D eigenvalue weighted by Gasteiger charge is -2.25. The number of halogens is 1. The van der Waals surface area contributed by atoms with Crippen LogP contribution in [0.15, 0.2) is 71.6 Å². The molecule has 1 aromatic heterocycles. The molecule has 0 aliphatic rings. The lowest BCUT2D eigenvalue weighted by atomic mass is 10.1. The van der Waals surface area contributed by atoms with Crippen LogP contribution in [0.5, 0.6) is 11.5 Å². The van der Waals surface area contributed by atoms with E-state index in [9.17, 15) is 23.3 Å². The van der Waals surface area contributed by atoms with Gasteiger partial charge in [-0.2, -0.15) is 5.10 Å². The zero-order valence-corrected chi connectivity index (χ0v) is 25.5. The van der Waals surface area contributed by atoms with Crippen LogP contribution in [0.2, 0.25) is 5.02 Å². The second kappa shape index (κ2) is 13.1. The van der Waals surface area contributed by atoms with Crippen molar-refractivity contribution in [1.29, 1.82) is 0 Å². The molecule has 4 rings (SSSR count). The number of aryl methyl sites for hydroxylation is 2. The summed E-state index contributed by atoms with van der Waals surface area (Å²) in [6, 6.07) is 16.5. The van der Waals surface area contributed by atoms with Crippen LogP contribution in [0.4, 0.5) is 11.4 Å². The Bertz CT molecular complexity index is 1760. The third kappa shape index (κ3) is 7.07.